The van der Waals surface area contributed by atoms with Gasteiger partial charge in [-0.15, -0.1) is 0 Å². The van der Waals surface area contributed by atoms with Crippen molar-refractivity contribution >= 4 is 22.6 Å². The number of benzene rings is 2. The van der Waals surface area contributed by atoms with E-state index in [-0.39, 0.29) is 6.04 Å². The van der Waals surface area contributed by atoms with E-state index >= 15 is 0 Å². The lowest BCUT2D eigenvalue weighted by molar-refractivity contribution is 0.563. The van der Waals surface area contributed by atoms with Crippen LogP contribution < -0.4 is 5.32 Å². The first-order valence-corrected chi connectivity index (χ1v) is 7.03. The van der Waals surface area contributed by atoms with Gasteiger partial charge >= 0.3 is 0 Å². The standard InChI is InChI=1S/C17H16ClNO/c1-19-16(10-12-5-4-6-13(18)9-12)15-11-20-17-8-3-2-7-14(15)17/h2-9,11,16,19H,10H2,1H3. The maximum absolute atomic E-state index is 6.05. The van der Waals surface area contributed by atoms with Gasteiger partial charge in [0.15, 0.2) is 0 Å². The Hall–Kier alpha value is -1.77. The zero-order chi connectivity index (χ0) is 13.9. The van der Waals surface area contributed by atoms with Crippen LogP contribution in [0.25, 0.3) is 11.0 Å². The van der Waals surface area contributed by atoms with E-state index in [1.807, 2.05) is 49.7 Å². The topological polar surface area (TPSA) is 25.2 Å². The molecule has 2 aromatic carbocycles. The van der Waals surface area contributed by atoms with Crippen molar-refractivity contribution in [2.75, 3.05) is 7.05 Å². The van der Waals surface area contributed by atoms with Gasteiger partial charge in [-0.25, -0.2) is 0 Å². The second-order valence-corrected chi connectivity index (χ2v) is 5.30. The molecule has 1 aromatic heterocycles. The van der Waals surface area contributed by atoms with Gasteiger partial charge in [-0.2, -0.15) is 0 Å². The zero-order valence-corrected chi connectivity index (χ0v) is 12.0. The first-order valence-electron chi connectivity index (χ1n) is 6.66. The molecule has 3 rings (SSSR count). The van der Waals surface area contributed by atoms with E-state index in [1.165, 1.54) is 11.1 Å². The summed E-state index contributed by atoms with van der Waals surface area (Å²) in [6.45, 7) is 0. The molecule has 0 spiro atoms. The minimum Gasteiger partial charge on any atom is -0.464 e. The van der Waals surface area contributed by atoms with E-state index in [0.717, 1.165) is 22.4 Å². The van der Waals surface area contributed by atoms with E-state index in [4.69, 9.17) is 16.0 Å². The summed E-state index contributed by atoms with van der Waals surface area (Å²) in [4.78, 5) is 0. The molecule has 0 aliphatic carbocycles. The minimum absolute atomic E-state index is 0.206. The molecule has 1 unspecified atom stereocenters. The summed E-state index contributed by atoms with van der Waals surface area (Å²) in [5, 5.41) is 5.30. The van der Waals surface area contributed by atoms with Crippen LogP contribution in [-0.2, 0) is 6.42 Å². The van der Waals surface area contributed by atoms with Gasteiger partial charge in [-0.05, 0) is 37.2 Å². The number of furan rings is 1. The summed E-state index contributed by atoms with van der Waals surface area (Å²) in [6, 6.07) is 16.3. The van der Waals surface area contributed by atoms with Crippen LogP contribution in [0.5, 0.6) is 0 Å². The van der Waals surface area contributed by atoms with Gasteiger partial charge in [0.25, 0.3) is 0 Å². The van der Waals surface area contributed by atoms with Crippen molar-refractivity contribution < 1.29 is 4.42 Å². The molecule has 0 saturated carbocycles. The molecule has 102 valence electrons. The van der Waals surface area contributed by atoms with Gasteiger partial charge in [0, 0.05) is 22.0 Å². The quantitative estimate of drug-likeness (QED) is 0.758. The van der Waals surface area contributed by atoms with Gasteiger partial charge in [0.2, 0.25) is 0 Å². The van der Waals surface area contributed by atoms with Crippen molar-refractivity contribution in [2.45, 2.75) is 12.5 Å². The fourth-order valence-electron chi connectivity index (χ4n) is 2.54. The molecule has 1 heterocycles. The van der Waals surface area contributed by atoms with Crippen LogP contribution in [0, 0.1) is 0 Å². The third kappa shape index (κ3) is 2.58. The van der Waals surface area contributed by atoms with E-state index in [9.17, 15) is 0 Å². The van der Waals surface area contributed by atoms with E-state index < -0.39 is 0 Å². The highest BCUT2D eigenvalue weighted by Crippen LogP contribution is 2.28. The Morgan fingerprint density at radius 2 is 2.00 bits per heavy atom. The van der Waals surface area contributed by atoms with Crippen molar-refractivity contribution in [1.29, 1.82) is 0 Å². The lowest BCUT2D eigenvalue weighted by Gasteiger charge is -2.15. The molecule has 1 atom stereocenters. The number of rotatable bonds is 4. The van der Waals surface area contributed by atoms with Crippen molar-refractivity contribution in [3.63, 3.8) is 0 Å². The lowest BCUT2D eigenvalue weighted by Crippen LogP contribution is -2.18. The minimum atomic E-state index is 0.206. The second-order valence-electron chi connectivity index (χ2n) is 4.86. The Kier molecular flexibility index (Phi) is 3.77. The third-order valence-electron chi connectivity index (χ3n) is 3.56. The van der Waals surface area contributed by atoms with E-state index in [1.54, 1.807) is 0 Å². The molecule has 0 radical (unpaired) electrons. The van der Waals surface area contributed by atoms with Gasteiger partial charge in [-0.3, -0.25) is 0 Å². The van der Waals surface area contributed by atoms with E-state index in [0.29, 0.717) is 0 Å². The number of para-hydroxylation sites is 1. The molecule has 3 aromatic rings. The molecule has 3 heteroatoms. The molecule has 0 saturated heterocycles. The highest BCUT2D eigenvalue weighted by molar-refractivity contribution is 6.30. The summed E-state index contributed by atoms with van der Waals surface area (Å²) in [5.41, 5.74) is 3.32. The summed E-state index contributed by atoms with van der Waals surface area (Å²) in [7, 11) is 1.97. The average Bonchev–Trinajstić information content (AvgIpc) is 2.89. The Morgan fingerprint density at radius 1 is 1.15 bits per heavy atom. The number of likely N-dealkylation sites (N-methyl/N-ethyl adjacent to an activating group) is 1. The number of nitrogens with one attached hydrogen (secondary N) is 1. The Bertz CT molecular complexity index is 720. The van der Waals surface area contributed by atoms with E-state index in [2.05, 4.69) is 17.4 Å². The summed E-state index contributed by atoms with van der Waals surface area (Å²) in [5.74, 6) is 0. The first kappa shape index (κ1) is 13.2. The van der Waals surface area contributed by atoms with Crippen molar-refractivity contribution in [3.05, 3.63) is 70.9 Å². The van der Waals surface area contributed by atoms with Gasteiger partial charge in [0.05, 0.1) is 6.26 Å². The molecular formula is C17H16ClNO. The average molecular weight is 286 g/mol. The lowest BCUT2D eigenvalue weighted by atomic mass is 9.98. The maximum Gasteiger partial charge on any atom is 0.134 e. The molecule has 1 N–H and O–H groups in total. The Balaban J connectivity index is 1.93. The maximum atomic E-state index is 6.05. The summed E-state index contributed by atoms with van der Waals surface area (Å²) >= 11 is 6.05. The second kappa shape index (κ2) is 5.70. The highest BCUT2D eigenvalue weighted by Gasteiger charge is 2.15. The molecule has 0 fully saturated rings. The van der Waals surface area contributed by atoms with Gasteiger partial charge in [0.1, 0.15) is 5.58 Å². The first-order chi connectivity index (χ1) is 9.78. The highest BCUT2D eigenvalue weighted by atomic mass is 35.5. The van der Waals surface area contributed by atoms with Crippen LogP contribution in [0.15, 0.2) is 59.2 Å². The van der Waals surface area contributed by atoms with Crippen LogP contribution in [0.1, 0.15) is 17.2 Å². The predicted octanol–water partition coefficient (Wildman–Crippen LogP) is 4.59. The third-order valence-corrected chi connectivity index (χ3v) is 3.80. The zero-order valence-electron chi connectivity index (χ0n) is 11.3. The van der Waals surface area contributed by atoms with Crippen LogP contribution in [0.2, 0.25) is 5.02 Å². The van der Waals surface area contributed by atoms with Crippen molar-refractivity contribution in [2.24, 2.45) is 0 Å². The predicted molar refractivity (Wildman–Crippen MR) is 83.2 cm³/mol. The largest absolute Gasteiger partial charge is 0.464 e. The van der Waals surface area contributed by atoms with Crippen LogP contribution >= 0.6 is 11.6 Å². The summed E-state index contributed by atoms with van der Waals surface area (Å²) < 4.78 is 5.63. The normalized spacial score (nSPS) is 12.7. The van der Waals surface area contributed by atoms with Crippen LogP contribution in [-0.4, -0.2) is 7.05 Å². The molecule has 0 amide bonds. The number of hydrogen-bond donors (Lipinski definition) is 1. The smallest absolute Gasteiger partial charge is 0.134 e. The molecule has 0 bridgehead atoms. The molecule has 20 heavy (non-hydrogen) atoms. The molecule has 0 aliphatic heterocycles. The fraction of sp³-hybridized carbons (Fsp3) is 0.176. The summed E-state index contributed by atoms with van der Waals surface area (Å²) in [6.07, 6.45) is 2.72. The Morgan fingerprint density at radius 3 is 2.80 bits per heavy atom. The number of halogens is 1. The van der Waals surface area contributed by atoms with Gasteiger partial charge in [-0.1, -0.05) is 41.9 Å². The Labute approximate surface area is 123 Å². The molecule has 0 aliphatic rings. The van der Waals surface area contributed by atoms with Crippen molar-refractivity contribution in [1.82, 2.24) is 5.32 Å². The van der Waals surface area contributed by atoms with Crippen molar-refractivity contribution in [3.8, 4) is 0 Å². The number of fused-ring (bicyclic) bond motifs is 1. The van der Waals surface area contributed by atoms with Gasteiger partial charge < -0.3 is 9.73 Å². The monoisotopic (exact) mass is 285 g/mol. The van der Waals surface area contributed by atoms with Crippen LogP contribution in [0.4, 0.5) is 0 Å². The fourth-order valence-corrected chi connectivity index (χ4v) is 2.75. The number of hydrogen-bond acceptors (Lipinski definition) is 2. The molecular weight excluding hydrogens is 270 g/mol. The van der Waals surface area contributed by atoms with Crippen LogP contribution in [0.3, 0.4) is 0 Å². The molecule has 2 nitrogen and oxygen atoms in total. The SMILES string of the molecule is CNC(Cc1cccc(Cl)c1)c1coc2ccccc12.